The lowest BCUT2D eigenvalue weighted by molar-refractivity contribution is 0.632. The molecule has 0 bridgehead atoms. The fourth-order valence-corrected chi connectivity index (χ4v) is 1.33. The fourth-order valence-electron chi connectivity index (χ4n) is 1.10. The third kappa shape index (κ3) is 3.15. The van der Waals surface area contributed by atoms with Crippen molar-refractivity contribution in [1.82, 2.24) is 0 Å². The number of rotatable bonds is 4. The molecule has 0 unspecified atom stereocenters. The number of benzene rings is 1. The molecule has 0 saturated carbocycles. The number of hydrogen-bond acceptors (Lipinski definition) is 2. The van der Waals surface area contributed by atoms with E-state index in [9.17, 15) is 4.39 Å². The zero-order valence-electron chi connectivity index (χ0n) is 8.40. The molecule has 1 aromatic carbocycles. The van der Waals surface area contributed by atoms with Gasteiger partial charge in [0.25, 0.3) is 0 Å². The summed E-state index contributed by atoms with van der Waals surface area (Å²) in [5.41, 5.74) is 14.0. The molecule has 1 rings (SSSR count). The fraction of sp³-hybridized carbons (Fsp3) is 0.200. The number of hydrogen-bond donors (Lipinski definition) is 1. The van der Waals surface area contributed by atoms with Crippen molar-refractivity contribution in [2.75, 3.05) is 12.3 Å². The van der Waals surface area contributed by atoms with E-state index in [1.54, 1.807) is 18.2 Å². The molecule has 0 atom stereocenters. The van der Waals surface area contributed by atoms with Crippen LogP contribution in [0.5, 0.6) is 0 Å². The molecule has 16 heavy (non-hydrogen) atoms. The standard InChI is InChI=1S/C10H10ClFN4/c11-9-7(3-1-2-6-15-16-14)4-5-8(13)10(9)12/h1,3-5H,2,6,13H2. The Balaban J connectivity index is 2.74. The highest BCUT2D eigenvalue weighted by Crippen LogP contribution is 2.25. The largest absolute Gasteiger partial charge is 0.396 e. The summed E-state index contributed by atoms with van der Waals surface area (Å²) in [5.74, 6) is -0.612. The number of azide groups is 1. The van der Waals surface area contributed by atoms with Crippen molar-refractivity contribution in [3.63, 3.8) is 0 Å². The normalized spacial score (nSPS) is 10.4. The van der Waals surface area contributed by atoms with Crippen molar-refractivity contribution in [3.05, 3.63) is 45.1 Å². The van der Waals surface area contributed by atoms with Gasteiger partial charge in [-0.1, -0.05) is 34.9 Å². The van der Waals surface area contributed by atoms with E-state index in [1.807, 2.05) is 0 Å². The Morgan fingerprint density at radius 1 is 1.56 bits per heavy atom. The van der Waals surface area contributed by atoms with Gasteiger partial charge in [-0.15, -0.1) is 0 Å². The lowest BCUT2D eigenvalue weighted by Gasteiger charge is -2.02. The Morgan fingerprint density at radius 3 is 3.00 bits per heavy atom. The Bertz CT molecular complexity index is 452. The van der Waals surface area contributed by atoms with Crippen molar-refractivity contribution in [2.45, 2.75) is 6.42 Å². The van der Waals surface area contributed by atoms with Crippen LogP contribution in [-0.2, 0) is 0 Å². The summed E-state index contributed by atoms with van der Waals surface area (Å²) in [6, 6.07) is 3.08. The number of nitrogens with zero attached hydrogens (tertiary/aromatic N) is 3. The highest BCUT2D eigenvalue weighted by atomic mass is 35.5. The third-order valence-corrected chi connectivity index (χ3v) is 2.28. The van der Waals surface area contributed by atoms with Gasteiger partial charge in [0.2, 0.25) is 0 Å². The predicted molar refractivity (Wildman–Crippen MR) is 63.5 cm³/mol. The van der Waals surface area contributed by atoms with Crippen LogP contribution in [0, 0.1) is 5.82 Å². The van der Waals surface area contributed by atoms with E-state index in [0.717, 1.165) is 0 Å². The van der Waals surface area contributed by atoms with Crippen LogP contribution in [-0.4, -0.2) is 6.54 Å². The summed E-state index contributed by atoms with van der Waals surface area (Å²) in [5, 5.41) is 3.36. The minimum absolute atomic E-state index is 0.0000319. The average molecular weight is 241 g/mol. The van der Waals surface area contributed by atoms with Gasteiger partial charge in [0.1, 0.15) is 0 Å². The van der Waals surface area contributed by atoms with Crippen LogP contribution in [0.1, 0.15) is 12.0 Å². The van der Waals surface area contributed by atoms with Crippen molar-refractivity contribution >= 4 is 23.4 Å². The molecule has 84 valence electrons. The molecule has 4 nitrogen and oxygen atoms in total. The van der Waals surface area contributed by atoms with Crippen LogP contribution >= 0.6 is 11.6 Å². The second-order valence-electron chi connectivity index (χ2n) is 3.02. The second kappa shape index (κ2) is 6.00. The third-order valence-electron chi connectivity index (χ3n) is 1.90. The molecule has 0 saturated heterocycles. The van der Waals surface area contributed by atoms with Gasteiger partial charge in [-0.05, 0) is 23.6 Å². The first kappa shape index (κ1) is 12.4. The van der Waals surface area contributed by atoms with E-state index >= 15 is 0 Å². The summed E-state index contributed by atoms with van der Waals surface area (Å²) >= 11 is 5.75. The molecule has 0 aliphatic rings. The van der Waals surface area contributed by atoms with Crippen molar-refractivity contribution in [3.8, 4) is 0 Å². The Kier molecular flexibility index (Phi) is 4.64. The first-order valence-corrected chi connectivity index (χ1v) is 4.95. The smallest absolute Gasteiger partial charge is 0.165 e. The Hall–Kier alpha value is -1.71. The molecule has 0 amide bonds. The zero-order valence-corrected chi connectivity index (χ0v) is 9.15. The van der Waals surface area contributed by atoms with Crippen LogP contribution < -0.4 is 5.73 Å². The van der Waals surface area contributed by atoms with Crippen LogP contribution in [0.3, 0.4) is 0 Å². The summed E-state index contributed by atoms with van der Waals surface area (Å²) in [6.45, 7) is 0.363. The Morgan fingerprint density at radius 2 is 2.31 bits per heavy atom. The molecular weight excluding hydrogens is 231 g/mol. The van der Waals surface area contributed by atoms with E-state index < -0.39 is 5.82 Å². The van der Waals surface area contributed by atoms with Gasteiger partial charge in [0.15, 0.2) is 5.82 Å². The SMILES string of the molecule is [N-]=[N+]=NCCC=Cc1ccc(N)c(F)c1Cl. The number of anilines is 1. The first-order valence-electron chi connectivity index (χ1n) is 4.57. The van der Waals surface area contributed by atoms with Gasteiger partial charge in [0, 0.05) is 11.5 Å². The maximum atomic E-state index is 13.3. The molecule has 0 aliphatic carbocycles. The predicted octanol–water partition coefficient (Wildman–Crippen LogP) is 3.77. The van der Waals surface area contributed by atoms with E-state index in [-0.39, 0.29) is 10.7 Å². The maximum absolute atomic E-state index is 13.3. The summed E-state index contributed by atoms with van der Waals surface area (Å²) < 4.78 is 13.3. The van der Waals surface area contributed by atoms with Crippen molar-refractivity contribution in [2.24, 2.45) is 5.11 Å². The monoisotopic (exact) mass is 240 g/mol. The van der Waals surface area contributed by atoms with Gasteiger partial charge in [-0.25, -0.2) is 4.39 Å². The van der Waals surface area contributed by atoms with Crippen LogP contribution in [0.25, 0.3) is 16.5 Å². The van der Waals surface area contributed by atoms with E-state index in [1.165, 1.54) is 6.07 Å². The van der Waals surface area contributed by atoms with Gasteiger partial charge >= 0.3 is 0 Å². The number of nitrogens with two attached hydrogens (primary N) is 1. The molecule has 0 radical (unpaired) electrons. The average Bonchev–Trinajstić information content (AvgIpc) is 2.28. The van der Waals surface area contributed by atoms with Gasteiger partial charge < -0.3 is 5.73 Å². The minimum Gasteiger partial charge on any atom is -0.396 e. The molecule has 0 aliphatic heterocycles. The molecule has 1 aromatic rings. The van der Waals surface area contributed by atoms with E-state index in [2.05, 4.69) is 10.0 Å². The van der Waals surface area contributed by atoms with Crippen LogP contribution in [0.2, 0.25) is 5.02 Å². The molecule has 6 heteroatoms. The van der Waals surface area contributed by atoms with E-state index in [4.69, 9.17) is 22.9 Å². The molecule has 0 fully saturated rings. The maximum Gasteiger partial charge on any atom is 0.165 e. The van der Waals surface area contributed by atoms with Gasteiger partial charge in [-0.2, -0.15) is 0 Å². The van der Waals surface area contributed by atoms with Crippen LogP contribution in [0.4, 0.5) is 10.1 Å². The molecule has 0 heterocycles. The highest BCUT2D eigenvalue weighted by molar-refractivity contribution is 6.32. The number of halogens is 2. The van der Waals surface area contributed by atoms with Crippen LogP contribution in [0.15, 0.2) is 23.3 Å². The molecular formula is C10H10ClFN4. The lowest BCUT2D eigenvalue weighted by atomic mass is 10.1. The highest BCUT2D eigenvalue weighted by Gasteiger charge is 2.06. The quantitative estimate of drug-likeness (QED) is 0.281. The van der Waals surface area contributed by atoms with Gasteiger partial charge in [-0.3, -0.25) is 0 Å². The Labute approximate surface area is 97.1 Å². The zero-order chi connectivity index (χ0) is 12.0. The molecule has 2 N–H and O–H groups in total. The summed E-state index contributed by atoms with van der Waals surface area (Å²) in [7, 11) is 0. The summed E-state index contributed by atoms with van der Waals surface area (Å²) in [6.07, 6.45) is 4.00. The van der Waals surface area contributed by atoms with Gasteiger partial charge in [0.05, 0.1) is 10.7 Å². The van der Waals surface area contributed by atoms with Crippen molar-refractivity contribution in [1.29, 1.82) is 0 Å². The molecule has 0 aromatic heterocycles. The number of nitrogen functional groups attached to an aromatic ring is 1. The topological polar surface area (TPSA) is 74.8 Å². The molecule has 0 spiro atoms. The van der Waals surface area contributed by atoms with E-state index in [0.29, 0.717) is 18.5 Å². The minimum atomic E-state index is -0.612. The summed E-state index contributed by atoms with van der Waals surface area (Å²) in [4.78, 5) is 2.61. The first-order chi connectivity index (χ1) is 7.66. The second-order valence-corrected chi connectivity index (χ2v) is 3.40. The lowest BCUT2D eigenvalue weighted by Crippen LogP contribution is -1.92. The van der Waals surface area contributed by atoms with Crippen molar-refractivity contribution < 1.29 is 4.39 Å².